The molecule has 0 unspecified atom stereocenters. The van der Waals surface area contributed by atoms with Gasteiger partial charge in [-0.25, -0.2) is 4.98 Å². The van der Waals surface area contributed by atoms with Crippen molar-refractivity contribution in [1.82, 2.24) is 26.0 Å². The molecule has 0 bridgehead atoms. The molecule has 118 valence electrons. The second-order valence-electron chi connectivity index (χ2n) is 4.21. The van der Waals surface area contributed by atoms with E-state index in [1.165, 1.54) is 12.3 Å². The Labute approximate surface area is 138 Å². The van der Waals surface area contributed by atoms with Crippen LogP contribution in [0.25, 0.3) is 10.7 Å². The van der Waals surface area contributed by atoms with Crippen molar-refractivity contribution >= 4 is 34.9 Å². The zero-order chi connectivity index (χ0) is 16.1. The molecule has 3 aromatic heterocycles. The van der Waals surface area contributed by atoms with E-state index in [1.807, 2.05) is 17.5 Å². The number of nitrogens with one attached hydrogen (secondary N) is 3. The van der Waals surface area contributed by atoms with E-state index in [9.17, 15) is 9.59 Å². The molecule has 3 aromatic rings. The van der Waals surface area contributed by atoms with E-state index in [1.54, 1.807) is 17.4 Å². The third-order valence-electron chi connectivity index (χ3n) is 2.61. The van der Waals surface area contributed by atoms with Crippen LogP contribution >= 0.6 is 23.1 Å². The third-order valence-corrected chi connectivity index (χ3v) is 4.34. The molecule has 0 aromatic carbocycles. The maximum absolute atomic E-state index is 11.7. The highest BCUT2D eigenvalue weighted by Gasteiger charge is 2.12. The predicted molar refractivity (Wildman–Crippen MR) is 84.7 cm³/mol. The van der Waals surface area contributed by atoms with Gasteiger partial charge in [0.1, 0.15) is 0 Å². The lowest BCUT2D eigenvalue weighted by molar-refractivity contribution is -0.119. The smallest absolute Gasteiger partial charge is 0.305 e. The van der Waals surface area contributed by atoms with Crippen LogP contribution < -0.4 is 10.9 Å². The van der Waals surface area contributed by atoms with Gasteiger partial charge in [0.2, 0.25) is 11.1 Å². The summed E-state index contributed by atoms with van der Waals surface area (Å²) in [5.74, 6) is -0.0506. The van der Waals surface area contributed by atoms with E-state index in [2.05, 4.69) is 26.0 Å². The highest BCUT2D eigenvalue weighted by atomic mass is 32.2. The number of rotatable bonds is 5. The first-order chi connectivity index (χ1) is 11.2. The molecule has 0 radical (unpaired) electrons. The van der Waals surface area contributed by atoms with Gasteiger partial charge in [0.05, 0.1) is 16.9 Å². The fraction of sp³-hybridized carbons (Fsp3) is 0.0769. The van der Waals surface area contributed by atoms with Gasteiger partial charge in [-0.1, -0.05) is 17.8 Å². The van der Waals surface area contributed by atoms with Crippen LogP contribution in [0, 0.1) is 0 Å². The van der Waals surface area contributed by atoms with Crippen molar-refractivity contribution in [3.63, 3.8) is 0 Å². The monoisotopic (exact) mass is 349 g/mol. The minimum Gasteiger partial charge on any atom is -0.459 e. The number of aromatic amines is 1. The molecule has 10 heteroatoms. The van der Waals surface area contributed by atoms with Crippen LogP contribution in [0.5, 0.6) is 0 Å². The van der Waals surface area contributed by atoms with Crippen molar-refractivity contribution in [2.45, 2.75) is 5.16 Å². The molecule has 0 aliphatic rings. The standard InChI is InChI=1S/C13H11N5O3S2/c19-10(15-17-12(20)8-3-1-5-21-8)7-23-13-14-11(16-18-13)9-4-2-6-22-9/h1-6H,7H2,(H,15,19)(H,17,20)(H,14,16,18). The number of carbonyl (C=O) groups is 2. The Bertz CT molecular complexity index is 783. The summed E-state index contributed by atoms with van der Waals surface area (Å²) >= 11 is 2.71. The first-order valence-corrected chi connectivity index (χ1v) is 8.30. The van der Waals surface area contributed by atoms with Gasteiger partial charge in [-0.2, -0.15) is 0 Å². The van der Waals surface area contributed by atoms with Crippen molar-refractivity contribution in [3.05, 3.63) is 41.7 Å². The van der Waals surface area contributed by atoms with Gasteiger partial charge in [-0.15, -0.1) is 16.4 Å². The molecule has 3 heterocycles. The largest absolute Gasteiger partial charge is 0.459 e. The lowest BCUT2D eigenvalue weighted by atomic mass is 10.4. The van der Waals surface area contributed by atoms with Gasteiger partial charge in [0.25, 0.3) is 0 Å². The Hall–Kier alpha value is -2.59. The zero-order valence-electron chi connectivity index (χ0n) is 11.6. The fourth-order valence-corrected chi connectivity index (χ4v) is 2.86. The molecule has 0 aliphatic carbocycles. The maximum atomic E-state index is 11.7. The summed E-state index contributed by atoms with van der Waals surface area (Å²) in [5.41, 5.74) is 4.55. The Morgan fingerprint density at radius 1 is 1.30 bits per heavy atom. The van der Waals surface area contributed by atoms with E-state index in [-0.39, 0.29) is 17.4 Å². The van der Waals surface area contributed by atoms with Crippen molar-refractivity contribution in [1.29, 1.82) is 0 Å². The number of amides is 2. The number of thioether (sulfide) groups is 1. The van der Waals surface area contributed by atoms with E-state index in [0.29, 0.717) is 11.0 Å². The van der Waals surface area contributed by atoms with E-state index >= 15 is 0 Å². The highest BCUT2D eigenvalue weighted by Crippen LogP contribution is 2.22. The van der Waals surface area contributed by atoms with Crippen molar-refractivity contribution < 1.29 is 14.0 Å². The first kappa shape index (κ1) is 15.3. The molecule has 0 saturated heterocycles. The summed E-state index contributed by atoms with van der Waals surface area (Å²) in [5, 5.41) is 9.25. The topological polar surface area (TPSA) is 113 Å². The fourth-order valence-electron chi connectivity index (χ4n) is 1.60. The second kappa shape index (κ2) is 7.11. The van der Waals surface area contributed by atoms with Gasteiger partial charge in [0, 0.05) is 0 Å². The third kappa shape index (κ3) is 3.99. The first-order valence-electron chi connectivity index (χ1n) is 6.44. The van der Waals surface area contributed by atoms with Crippen LogP contribution in [0.15, 0.2) is 45.5 Å². The summed E-state index contributed by atoms with van der Waals surface area (Å²) in [6.45, 7) is 0. The minimum absolute atomic E-state index is 0.0696. The van der Waals surface area contributed by atoms with Crippen molar-refractivity contribution in [3.8, 4) is 10.7 Å². The van der Waals surface area contributed by atoms with Crippen LogP contribution in [0.1, 0.15) is 10.6 Å². The Morgan fingerprint density at radius 3 is 2.96 bits per heavy atom. The van der Waals surface area contributed by atoms with Crippen molar-refractivity contribution in [2.75, 3.05) is 5.75 Å². The number of nitrogens with zero attached hydrogens (tertiary/aromatic N) is 2. The molecule has 0 spiro atoms. The summed E-state index contributed by atoms with van der Waals surface area (Å²) in [6.07, 6.45) is 1.38. The van der Waals surface area contributed by atoms with Crippen molar-refractivity contribution in [2.24, 2.45) is 0 Å². The minimum atomic E-state index is -0.522. The average Bonchev–Trinajstić information content (AvgIpc) is 3.32. The molecule has 3 N–H and O–H groups in total. The zero-order valence-corrected chi connectivity index (χ0v) is 13.2. The predicted octanol–water partition coefficient (Wildman–Crippen LogP) is 1.68. The number of aromatic nitrogens is 3. The van der Waals surface area contributed by atoms with Crippen LogP contribution in [-0.2, 0) is 4.79 Å². The van der Waals surface area contributed by atoms with Gasteiger partial charge in [-0.3, -0.25) is 25.5 Å². The lowest BCUT2D eigenvalue weighted by Gasteiger charge is -2.04. The molecule has 0 aliphatic heterocycles. The van der Waals surface area contributed by atoms with Gasteiger partial charge in [0.15, 0.2) is 11.6 Å². The number of carbonyl (C=O) groups excluding carboxylic acids is 2. The molecule has 8 nitrogen and oxygen atoms in total. The van der Waals surface area contributed by atoms with Gasteiger partial charge >= 0.3 is 5.91 Å². The molecular formula is C13H11N5O3S2. The molecule has 3 rings (SSSR count). The highest BCUT2D eigenvalue weighted by molar-refractivity contribution is 7.99. The number of hydrazine groups is 1. The number of thiophene rings is 1. The van der Waals surface area contributed by atoms with E-state index in [0.717, 1.165) is 16.6 Å². The molecular weight excluding hydrogens is 338 g/mol. The number of hydrogen-bond donors (Lipinski definition) is 3. The van der Waals surface area contributed by atoms with Gasteiger partial charge < -0.3 is 4.42 Å². The SMILES string of the molecule is O=C(CSc1n[nH]c(-c2cccs2)n1)NNC(=O)c1ccco1. The summed E-state index contributed by atoms with van der Waals surface area (Å²) in [7, 11) is 0. The number of hydrogen-bond acceptors (Lipinski definition) is 7. The van der Waals surface area contributed by atoms with Crippen LogP contribution in [-0.4, -0.2) is 32.7 Å². The summed E-state index contributed by atoms with van der Waals surface area (Å²) in [6, 6.07) is 6.93. The summed E-state index contributed by atoms with van der Waals surface area (Å²) in [4.78, 5) is 28.5. The van der Waals surface area contributed by atoms with Crippen LogP contribution in [0.3, 0.4) is 0 Å². The normalized spacial score (nSPS) is 10.4. The van der Waals surface area contributed by atoms with Crippen LogP contribution in [0.2, 0.25) is 0 Å². The summed E-state index contributed by atoms with van der Waals surface area (Å²) < 4.78 is 4.90. The Kier molecular flexibility index (Phi) is 4.74. The molecule has 0 atom stereocenters. The van der Waals surface area contributed by atoms with E-state index < -0.39 is 5.91 Å². The number of furan rings is 1. The number of H-pyrrole nitrogens is 1. The second-order valence-corrected chi connectivity index (χ2v) is 6.10. The Balaban J connectivity index is 1.45. The maximum Gasteiger partial charge on any atom is 0.305 e. The van der Waals surface area contributed by atoms with E-state index in [4.69, 9.17) is 4.42 Å². The quantitative estimate of drug-likeness (QED) is 0.477. The average molecular weight is 349 g/mol. The Morgan fingerprint density at radius 2 is 2.22 bits per heavy atom. The lowest BCUT2D eigenvalue weighted by Crippen LogP contribution is -2.42. The molecule has 0 fully saturated rings. The van der Waals surface area contributed by atoms with Gasteiger partial charge in [-0.05, 0) is 23.6 Å². The van der Waals surface area contributed by atoms with Crippen LogP contribution in [0.4, 0.5) is 0 Å². The molecule has 23 heavy (non-hydrogen) atoms. The molecule has 2 amide bonds. The molecule has 0 saturated carbocycles.